The number of carbonyl (C=O) groups is 1. The average Bonchev–Trinajstić information content (AvgIpc) is 3.18. The number of rotatable bonds is 8. The first-order valence-corrected chi connectivity index (χ1v) is 11.5. The van der Waals surface area contributed by atoms with Crippen molar-refractivity contribution in [1.82, 2.24) is 10.2 Å². The molecule has 0 saturated heterocycles. The molecule has 0 aliphatic heterocycles. The van der Waals surface area contributed by atoms with Crippen molar-refractivity contribution < 1.29 is 9.21 Å². The van der Waals surface area contributed by atoms with Gasteiger partial charge in [0, 0.05) is 26.4 Å². The average molecular weight is 448 g/mol. The van der Waals surface area contributed by atoms with Crippen LogP contribution < -0.4 is 5.32 Å². The molecule has 0 bridgehead atoms. The maximum absolute atomic E-state index is 12.3. The van der Waals surface area contributed by atoms with E-state index in [4.69, 9.17) is 16.0 Å². The smallest absolute Gasteiger partial charge is 0.277 e. The van der Waals surface area contributed by atoms with Gasteiger partial charge in [-0.25, -0.2) is 0 Å². The minimum atomic E-state index is -0.119. The highest BCUT2D eigenvalue weighted by atomic mass is 35.5. The van der Waals surface area contributed by atoms with Crippen molar-refractivity contribution in [3.05, 3.63) is 53.1 Å². The van der Waals surface area contributed by atoms with E-state index in [-0.39, 0.29) is 11.7 Å². The molecule has 0 aliphatic carbocycles. The highest BCUT2D eigenvalue weighted by molar-refractivity contribution is 8.00. The summed E-state index contributed by atoms with van der Waals surface area (Å²) in [6, 6.07) is 13.2. The number of hydrogen-bond donors (Lipinski definition) is 1. The summed E-state index contributed by atoms with van der Waals surface area (Å²) in [5.74, 6) is 0.465. The number of halogens is 1. The molecule has 152 valence electrons. The number of aryl methyl sites for hydroxylation is 1. The molecule has 1 heterocycles. The molecule has 0 aliphatic rings. The van der Waals surface area contributed by atoms with Gasteiger partial charge in [-0.05, 0) is 61.4 Å². The zero-order valence-electron chi connectivity index (χ0n) is 16.4. The molecule has 5 nitrogen and oxygen atoms in total. The Hall–Kier alpha value is -1.96. The quantitative estimate of drug-likeness (QED) is 0.407. The van der Waals surface area contributed by atoms with Gasteiger partial charge in [0.05, 0.1) is 5.75 Å². The van der Waals surface area contributed by atoms with Crippen LogP contribution in [0.5, 0.6) is 0 Å². The number of aromatic nitrogens is 2. The van der Waals surface area contributed by atoms with E-state index < -0.39 is 0 Å². The van der Waals surface area contributed by atoms with Crippen LogP contribution >= 0.6 is 35.1 Å². The molecule has 0 spiro atoms. The lowest BCUT2D eigenvalue weighted by molar-refractivity contribution is -0.113. The first kappa shape index (κ1) is 21.7. The zero-order valence-corrected chi connectivity index (χ0v) is 18.8. The van der Waals surface area contributed by atoms with Gasteiger partial charge in [-0.3, -0.25) is 4.79 Å². The van der Waals surface area contributed by atoms with Crippen molar-refractivity contribution in [3.8, 4) is 11.5 Å². The van der Waals surface area contributed by atoms with E-state index in [1.807, 2.05) is 43.0 Å². The van der Waals surface area contributed by atoms with Gasteiger partial charge in [0.15, 0.2) is 0 Å². The number of amides is 1. The molecule has 0 radical (unpaired) electrons. The number of benzene rings is 2. The first-order valence-electron chi connectivity index (χ1n) is 9.24. The van der Waals surface area contributed by atoms with Gasteiger partial charge in [-0.2, -0.15) is 0 Å². The van der Waals surface area contributed by atoms with E-state index in [9.17, 15) is 4.79 Å². The number of anilines is 1. The molecule has 1 amide bonds. The van der Waals surface area contributed by atoms with Crippen LogP contribution in [0, 0.1) is 6.92 Å². The normalized spacial score (nSPS) is 12.0. The summed E-state index contributed by atoms with van der Waals surface area (Å²) in [6.07, 6.45) is 1.12. The number of hydrogen-bond acceptors (Lipinski definition) is 6. The molecule has 1 unspecified atom stereocenters. The minimum Gasteiger partial charge on any atom is -0.411 e. The van der Waals surface area contributed by atoms with Crippen LogP contribution in [-0.2, 0) is 4.79 Å². The summed E-state index contributed by atoms with van der Waals surface area (Å²) >= 11 is 8.93. The van der Waals surface area contributed by atoms with Crippen molar-refractivity contribution in [2.75, 3.05) is 11.1 Å². The van der Waals surface area contributed by atoms with Crippen LogP contribution in [0.15, 0.2) is 57.0 Å². The summed E-state index contributed by atoms with van der Waals surface area (Å²) in [5, 5.41) is 12.5. The van der Waals surface area contributed by atoms with Crippen LogP contribution in [0.3, 0.4) is 0 Å². The standard InChI is InChI=1S/C21H22ClN3O2S2/c1-4-14(3)29-17-9-10-18(13(2)11-17)23-19(26)12-28-21-25-24-20(27-21)15-5-7-16(22)8-6-15/h5-11,14H,4,12H2,1-3H3,(H,23,26). The molecule has 3 aromatic rings. The lowest BCUT2D eigenvalue weighted by atomic mass is 10.2. The summed E-state index contributed by atoms with van der Waals surface area (Å²) in [5.41, 5.74) is 2.64. The van der Waals surface area contributed by atoms with E-state index in [2.05, 4.69) is 35.4 Å². The number of nitrogens with one attached hydrogen (secondary N) is 1. The first-order chi connectivity index (χ1) is 13.9. The van der Waals surface area contributed by atoms with E-state index in [0.717, 1.165) is 23.2 Å². The Morgan fingerprint density at radius 2 is 1.97 bits per heavy atom. The van der Waals surface area contributed by atoms with Crippen LogP contribution in [0.1, 0.15) is 25.8 Å². The topological polar surface area (TPSA) is 68.0 Å². The summed E-state index contributed by atoms with van der Waals surface area (Å²) in [7, 11) is 0. The molecule has 0 fully saturated rings. The Morgan fingerprint density at radius 3 is 2.66 bits per heavy atom. The molecule has 1 N–H and O–H groups in total. The molecule has 8 heteroatoms. The highest BCUT2D eigenvalue weighted by Gasteiger charge is 2.12. The molecular weight excluding hydrogens is 426 g/mol. The highest BCUT2D eigenvalue weighted by Crippen LogP contribution is 2.29. The van der Waals surface area contributed by atoms with Gasteiger partial charge in [0.1, 0.15) is 0 Å². The molecule has 1 aromatic heterocycles. The third kappa shape index (κ3) is 6.26. The summed E-state index contributed by atoms with van der Waals surface area (Å²) in [6.45, 7) is 6.39. The molecule has 3 rings (SSSR count). The van der Waals surface area contributed by atoms with Crippen molar-refractivity contribution >= 4 is 46.7 Å². The van der Waals surface area contributed by atoms with E-state index in [1.54, 1.807) is 12.1 Å². The predicted octanol–water partition coefficient (Wildman–Crippen LogP) is 6.32. The van der Waals surface area contributed by atoms with Gasteiger partial charge >= 0.3 is 0 Å². The van der Waals surface area contributed by atoms with Gasteiger partial charge in [0.2, 0.25) is 11.8 Å². The van der Waals surface area contributed by atoms with Crippen molar-refractivity contribution in [2.45, 2.75) is 42.6 Å². The van der Waals surface area contributed by atoms with Crippen molar-refractivity contribution in [3.63, 3.8) is 0 Å². The van der Waals surface area contributed by atoms with Gasteiger partial charge in [-0.15, -0.1) is 22.0 Å². The minimum absolute atomic E-state index is 0.119. The van der Waals surface area contributed by atoms with E-state index >= 15 is 0 Å². The van der Waals surface area contributed by atoms with E-state index in [0.29, 0.717) is 21.4 Å². The lowest BCUT2D eigenvalue weighted by Gasteiger charge is -2.12. The zero-order chi connectivity index (χ0) is 20.8. The van der Waals surface area contributed by atoms with Crippen molar-refractivity contribution in [1.29, 1.82) is 0 Å². The second-order valence-corrected chi connectivity index (χ2v) is 9.41. The van der Waals surface area contributed by atoms with Crippen LogP contribution in [0.2, 0.25) is 5.02 Å². The van der Waals surface area contributed by atoms with Crippen LogP contribution in [0.4, 0.5) is 5.69 Å². The van der Waals surface area contributed by atoms with Crippen molar-refractivity contribution in [2.24, 2.45) is 0 Å². The SMILES string of the molecule is CCC(C)Sc1ccc(NC(=O)CSc2nnc(-c3ccc(Cl)cc3)o2)c(C)c1. The van der Waals surface area contributed by atoms with Gasteiger partial charge in [-0.1, -0.05) is 37.2 Å². The summed E-state index contributed by atoms with van der Waals surface area (Å²) in [4.78, 5) is 13.5. The fourth-order valence-electron chi connectivity index (χ4n) is 2.46. The fraction of sp³-hybridized carbons (Fsp3) is 0.286. The fourth-order valence-corrected chi connectivity index (χ4v) is 4.17. The monoisotopic (exact) mass is 447 g/mol. The molecule has 29 heavy (non-hydrogen) atoms. The lowest BCUT2D eigenvalue weighted by Crippen LogP contribution is -2.14. The Balaban J connectivity index is 1.54. The van der Waals surface area contributed by atoms with Gasteiger partial charge in [0.25, 0.3) is 5.22 Å². The number of thioether (sulfide) groups is 2. The molecule has 2 aromatic carbocycles. The van der Waals surface area contributed by atoms with Gasteiger partial charge < -0.3 is 9.73 Å². The maximum atomic E-state index is 12.3. The predicted molar refractivity (Wildman–Crippen MR) is 121 cm³/mol. The Kier molecular flexibility index (Phi) is 7.64. The number of nitrogens with zero attached hydrogens (tertiary/aromatic N) is 2. The largest absolute Gasteiger partial charge is 0.411 e. The maximum Gasteiger partial charge on any atom is 0.277 e. The van der Waals surface area contributed by atoms with Crippen LogP contribution in [0.25, 0.3) is 11.5 Å². The second kappa shape index (κ2) is 10.2. The molecule has 0 saturated carbocycles. The molecular formula is C21H22ClN3O2S2. The third-order valence-corrected chi connectivity index (χ3v) is 6.54. The van der Waals surface area contributed by atoms with Crippen LogP contribution in [-0.4, -0.2) is 27.1 Å². The Labute approximate surface area is 184 Å². The molecule has 1 atom stereocenters. The Bertz CT molecular complexity index is 976. The number of carbonyl (C=O) groups excluding carboxylic acids is 1. The second-order valence-electron chi connectivity index (χ2n) is 6.53. The Morgan fingerprint density at radius 1 is 1.21 bits per heavy atom. The van der Waals surface area contributed by atoms with E-state index in [1.165, 1.54) is 16.7 Å². The third-order valence-electron chi connectivity index (χ3n) is 4.21. The summed E-state index contributed by atoms with van der Waals surface area (Å²) < 4.78 is 5.61.